The quantitative estimate of drug-likeness (QED) is 0.317. The monoisotopic (exact) mass is 682 g/mol. The number of halogens is 2. The van der Waals surface area contributed by atoms with Crippen LogP contribution in [-0.2, 0) is 14.4 Å². The van der Waals surface area contributed by atoms with Crippen LogP contribution in [0.25, 0.3) is 0 Å². The van der Waals surface area contributed by atoms with Crippen molar-refractivity contribution >= 4 is 50.7 Å². The number of nitrogens with one attached hydrogen (secondary N) is 1. The summed E-state index contributed by atoms with van der Waals surface area (Å²) in [5.41, 5.74) is 5.27. The molecular weight excluding hydrogens is 644 g/mol. The summed E-state index contributed by atoms with van der Waals surface area (Å²) in [6, 6.07) is 9.06. The second kappa shape index (κ2) is 12.0. The van der Waals surface area contributed by atoms with E-state index in [0.29, 0.717) is 57.3 Å². The standard InChI is InChI=1S/C35H40BrClN2O5/c1-8-43-28-12-20(11-22(36)33(28)44-18-29(42)38-21-10-9-19(2)23(37)13-21)30-31-24(14-34(3,4)16-26(31)40)39(7)25-15-35(5,6)17-27(41)32(25)30/h9-13,30H,8,14-18H2,1-7H3,(H,38,42). The van der Waals surface area contributed by atoms with Crippen molar-refractivity contribution in [3.63, 3.8) is 0 Å². The number of aryl methyl sites for hydroxylation is 1. The molecule has 0 saturated heterocycles. The lowest BCUT2D eigenvalue weighted by atomic mass is 9.64. The van der Waals surface area contributed by atoms with Gasteiger partial charge in [0.05, 0.1) is 11.1 Å². The van der Waals surface area contributed by atoms with Crippen molar-refractivity contribution in [3.8, 4) is 11.5 Å². The van der Waals surface area contributed by atoms with E-state index in [4.69, 9.17) is 21.1 Å². The van der Waals surface area contributed by atoms with E-state index in [1.807, 2.05) is 39.1 Å². The van der Waals surface area contributed by atoms with Gasteiger partial charge < -0.3 is 19.7 Å². The molecule has 2 aliphatic carbocycles. The molecule has 3 aliphatic rings. The van der Waals surface area contributed by atoms with Gasteiger partial charge in [0.15, 0.2) is 29.7 Å². The van der Waals surface area contributed by atoms with Gasteiger partial charge in [-0.3, -0.25) is 14.4 Å². The van der Waals surface area contributed by atoms with E-state index in [1.165, 1.54) is 0 Å². The first-order valence-corrected chi connectivity index (χ1v) is 16.2. The number of benzene rings is 2. The van der Waals surface area contributed by atoms with Gasteiger partial charge in [-0.1, -0.05) is 45.4 Å². The molecule has 0 spiro atoms. The summed E-state index contributed by atoms with van der Waals surface area (Å²) in [6.45, 7) is 12.3. The number of hydrogen-bond donors (Lipinski definition) is 1. The number of allylic oxidation sites excluding steroid dienone is 4. The summed E-state index contributed by atoms with van der Waals surface area (Å²) in [7, 11) is 2.00. The van der Waals surface area contributed by atoms with E-state index >= 15 is 0 Å². The second-order valence-corrected chi connectivity index (χ2v) is 14.9. The zero-order chi connectivity index (χ0) is 32.1. The molecule has 234 valence electrons. The number of ether oxygens (including phenoxy) is 2. The molecule has 0 atom stereocenters. The predicted molar refractivity (Wildman–Crippen MR) is 176 cm³/mol. The first-order valence-electron chi connectivity index (χ1n) is 15.0. The maximum atomic E-state index is 13.9. The Balaban J connectivity index is 1.53. The van der Waals surface area contributed by atoms with Crippen molar-refractivity contribution < 1.29 is 23.9 Å². The molecule has 2 aromatic carbocycles. The summed E-state index contributed by atoms with van der Waals surface area (Å²) in [5, 5.41) is 3.37. The Hall–Kier alpha value is -3.10. The first kappa shape index (κ1) is 32.3. The largest absolute Gasteiger partial charge is 0.490 e. The summed E-state index contributed by atoms with van der Waals surface area (Å²) in [4.78, 5) is 42.6. The Morgan fingerprint density at radius 1 is 0.977 bits per heavy atom. The molecule has 5 rings (SSSR count). The average Bonchev–Trinajstić information content (AvgIpc) is 2.90. The van der Waals surface area contributed by atoms with Crippen LogP contribution in [0.5, 0.6) is 11.5 Å². The fraction of sp³-hybridized carbons (Fsp3) is 0.457. The lowest BCUT2D eigenvalue weighted by Crippen LogP contribution is -2.43. The second-order valence-electron chi connectivity index (χ2n) is 13.7. The summed E-state index contributed by atoms with van der Waals surface area (Å²) < 4.78 is 12.6. The first-order chi connectivity index (χ1) is 20.6. The summed E-state index contributed by atoms with van der Waals surface area (Å²) >= 11 is 9.86. The van der Waals surface area contributed by atoms with E-state index in [0.717, 1.165) is 35.4 Å². The normalized spacial score (nSPS) is 19.5. The zero-order valence-corrected chi connectivity index (χ0v) is 28.8. The number of hydrogen-bond acceptors (Lipinski definition) is 6. The number of rotatable bonds is 7. The van der Waals surface area contributed by atoms with Crippen molar-refractivity contribution in [2.45, 2.75) is 73.1 Å². The molecule has 44 heavy (non-hydrogen) atoms. The number of amides is 1. The molecule has 1 heterocycles. The molecule has 1 amide bonds. The molecular formula is C35H40BrClN2O5. The fourth-order valence-corrected chi connectivity index (χ4v) is 7.42. The van der Waals surface area contributed by atoms with Gasteiger partial charge in [-0.15, -0.1) is 0 Å². The van der Waals surface area contributed by atoms with Gasteiger partial charge in [-0.05, 0) is 88.8 Å². The molecule has 0 unspecified atom stereocenters. The average molecular weight is 684 g/mol. The van der Waals surface area contributed by atoms with Crippen LogP contribution >= 0.6 is 27.5 Å². The third kappa shape index (κ3) is 6.34. The SMILES string of the molecule is CCOc1cc(C2C3=C(CC(C)(C)CC3=O)N(C)C3=C2C(=O)CC(C)(C)C3)cc(Br)c1OCC(=O)Nc1ccc(C)c(Cl)c1. The predicted octanol–water partition coefficient (Wildman–Crippen LogP) is 8.14. The van der Waals surface area contributed by atoms with Crippen molar-refractivity contribution in [2.24, 2.45) is 10.8 Å². The van der Waals surface area contributed by atoms with E-state index in [-0.39, 0.29) is 34.9 Å². The van der Waals surface area contributed by atoms with Crippen molar-refractivity contribution in [1.29, 1.82) is 0 Å². The number of nitrogens with zero attached hydrogens (tertiary/aromatic N) is 1. The minimum absolute atomic E-state index is 0.0690. The molecule has 0 saturated carbocycles. The van der Waals surface area contributed by atoms with Gasteiger partial charge in [0, 0.05) is 59.1 Å². The van der Waals surface area contributed by atoms with Crippen LogP contribution in [0.2, 0.25) is 5.02 Å². The molecule has 0 aromatic heterocycles. The maximum absolute atomic E-state index is 13.9. The van der Waals surface area contributed by atoms with Crippen LogP contribution < -0.4 is 14.8 Å². The highest BCUT2D eigenvalue weighted by atomic mass is 79.9. The van der Waals surface area contributed by atoms with Gasteiger partial charge in [-0.2, -0.15) is 0 Å². The van der Waals surface area contributed by atoms with Gasteiger partial charge in [0.2, 0.25) is 0 Å². The third-order valence-corrected chi connectivity index (χ3v) is 9.64. The molecule has 0 fully saturated rings. The molecule has 9 heteroatoms. The van der Waals surface area contributed by atoms with E-state index in [9.17, 15) is 14.4 Å². The number of carbonyl (C=O) groups excluding carboxylic acids is 3. The van der Waals surface area contributed by atoms with Crippen LogP contribution in [0.1, 0.15) is 77.3 Å². The number of Topliss-reactive ketones (excluding diaryl/α,β-unsaturated/α-hetero) is 2. The fourth-order valence-electron chi connectivity index (χ4n) is 6.66. The Morgan fingerprint density at radius 2 is 1.57 bits per heavy atom. The van der Waals surface area contributed by atoms with Crippen molar-refractivity contribution in [1.82, 2.24) is 4.90 Å². The number of anilines is 1. The van der Waals surface area contributed by atoms with Crippen molar-refractivity contribution in [3.05, 3.63) is 73.5 Å². The topological polar surface area (TPSA) is 84.9 Å². The number of ketones is 2. The maximum Gasteiger partial charge on any atom is 0.262 e. The smallest absolute Gasteiger partial charge is 0.262 e. The lowest BCUT2D eigenvalue weighted by Gasteiger charge is -2.48. The van der Waals surface area contributed by atoms with E-state index < -0.39 is 5.92 Å². The highest BCUT2D eigenvalue weighted by Crippen LogP contribution is 2.55. The molecule has 0 radical (unpaired) electrons. The molecule has 2 aromatic rings. The van der Waals surface area contributed by atoms with Crippen LogP contribution in [0.3, 0.4) is 0 Å². The van der Waals surface area contributed by atoms with Crippen LogP contribution in [0.4, 0.5) is 5.69 Å². The van der Waals surface area contributed by atoms with Gasteiger partial charge in [-0.25, -0.2) is 0 Å². The summed E-state index contributed by atoms with van der Waals surface area (Å²) in [6.07, 6.45) is 2.32. The minimum atomic E-state index is -0.512. The van der Waals surface area contributed by atoms with Gasteiger partial charge in [0.1, 0.15) is 0 Å². The van der Waals surface area contributed by atoms with Crippen LogP contribution in [0, 0.1) is 17.8 Å². The third-order valence-electron chi connectivity index (χ3n) is 8.65. The lowest BCUT2D eigenvalue weighted by molar-refractivity contribution is -0.120. The molecule has 1 N–H and O–H groups in total. The summed E-state index contributed by atoms with van der Waals surface area (Å²) in [5.74, 6) is 0.0745. The van der Waals surface area contributed by atoms with Crippen LogP contribution in [-0.4, -0.2) is 42.6 Å². The Kier molecular flexibility index (Phi) is 8.82. The van der Waals surface area contributed by atoms with Gasteiger partial charge >= 0.3 is 0 Å². The van der Waals surface area contributed by atoms with Gasteiger partial charge in [0.25, 0.3) is 5.91 Å². The number of carbonyl (C=O) groups is 3. The van der Waals surface area contributed by atoms with E-state index in [2.05, 4.69) is 53.8 Å². The molecule has 7 nitrogen and oxygen atoms in total. The molecule has 1 aliphatic heterocycles. The Bertz CT molecular complexity index is 1570. The van der Waals surface area contributed by atoms with Crippen LogP contribution in [0.15, 0.2) is 57.3 Å². The Morgan fingerprint density at radius 3 is 2.11 bits per heavy atom. The van der Waals surface area contributed by atoms with E-state index in [1.54, 1.807) is 12.1 Å². The minimum Gasteiger partial charge on any atom is -0.490 e. The van der Waals surface area contributed by atoms with Crippen molar-refractivity contribution in [2.75, 3.05) is 25.6 Å². The Labute approximate surface area is 273 Å². The highest BCUT2D eigenvalue weighted by Gasteiger charge is 2.48. The highest BCUT2D eigenvalue weighted by molar-refractivity contribution is 9.10. The molecule has 0 bridgehead atoms. The zero-order valence-electron chi connectivity index (χ0n) is 26.5.